The second-order valence-corrected chi connectivity index (χ2v) is 4.65. The molecule has 1 N–H and O–H groups in total. The fourth-order valence-electron chi connectivity index (χ4n) is 1.45. The van der Waals surface area contributed by atoms with Crippen LogP contribution in [0.2, 0.25) is 0 Å². The Hall–Kier alpha value is -1.95. The Bertz CT molecular complexity index is 567. The number of anilines is 3. The van der Waals surface area contributed by atoms with E-state index in [1.54, 1.807) is 11.9 Å². The largest absolute Gasteiger partial charge is 0.330 e. The molecule has 0 saturated carbocycles. The third-order valence-corrected chi connectivity index (χ3v) is 3.21. The normalized spacial score (nSPS) is 10.2. The third-order valence-electron chi connectivity index (χ3n) is 2.48. The highest BCUT2D eigenvalue weighted by Gasteiger charge is 2.06. The van der Waals surface area contributed by atoms with E-state index in [0.717, 1.165) is 22.3 Å². The summed E-state index contributed by atoms with van der Waals surface area (Å²) in [6, 6.07) is 7.61. The first-order valence-electron chi connectivity index (χ1n) is 5.48. The summed E-state index contributed by atoms with van der Waals surface area (Å²) in [5.74, 6) is 0.749. The zero-order valence-corrected chi connectivity index (χ0v) is 11.3. The summed E-state index contributed by atoms with van der Waals surface area (Å²) < 4.78 is 4.10. The smallest absolute Gasteiger partial charge is 0.223 e. The number of aryl methyl sites for hydroxylation is 1. The number of aromatic nitrogens is 2. The van der Waals surface area contributed by atoms with Gasteiger partial charge in [-0.25, -0.2) is 4.98 Å². The summed E-state index contributed by atoms with van der Waals surface area (Å²) in [6.07, 6.45) is 0. The van der Waals surface area contributed by atoms with Crippen molar-refractivity contribution in [3.63, 3.8) is 0 Å². The van der Waals surface area contributed by atoms with E-state index in [2.05, 4.69) is 14.7 Å². The van der Waals surface area contributed by atoms with Gasteiger partial charge in [0.15, 0.2) is 0 Å². The molecule has 0 aliphatic carbocycles. The molecule has 5 nitrogen and oxygen atoms in total. The Morgan fingerprint density at radius 3 is 2.83 bits per heavy atom. The van der Waals surface area contributed by atoms with Crippen LogP contribution in [0.4, 0.5) is 16.5 Å². The van der Waals surface area contributed by atoms with Gasteiger partial charge in [0.05, 0.1) is 0 Å². The SMILES string of the molecule is CC(=O)N(C)c1cccc(Nc2nc(C)ns2)c1. The van der Waals surface area contributed by atoms with Crippen LogP contribution in [0.15, 0.2) is 24.3 Å². The third kappa shape index (κ3) is 2.84. The van der Waals surface area contributed by atoms with Crippen LogP contribution in [0.1, 0.15) is 12.7 Å². The second kappa shape index (κ2) is 5.14. The van der Waals surface area contributed by atoms with Gasteiger partial charge in [0.2, 0.25) is 11.0 Å². The highest BCUT2D eigenvalue weighted by atomic mass is 32.1. The van der Waals surface area contributed by atoms with E-state index in [1.165, 1.54) is 18.5 Å². The Balaban J connectivity index is 2.19. The summed E-state index contributed by atoms with van der Waals surface area (Å²) in [5, 5.41) is 3.91. The number of rotatable bonds is 3. The zero-order valence-electron chi connectivity index (χ0n) is 10.5. The molecular formula is C12H14N4OS. The van der Waals surface area contributed by atoms with Gasteiger partial charge in [-0.15, -0.1) is 0 Å². The molecule has 1 amide bonds. The summed E-state index contributed by atoms with van der Waals surface area (Å²) >= 11 is 1.31. The van der Waals surface area contributed by atoms with Gasteiger partial charge < -0.3 is 10.2 Å². The van der Waals surface area contributed by atoms with E-state index in [1.807, 2.05) is 31.2 Å². The van der Waals surface area contributed by atoms with Crippen molar-refractivity contribution < 1.29 is 4.79 Å². The highest BCUT2D eigenvalue weighted by molar-refractivity contribution is 7.09. The van der Waals surface area contributed by atoms with Crippen molar-refractivity contribution in [1.82, 2.24) is 9.36 Å². The van der Waals surface area contributed by atoms with Gasteiger partial charge in [-0.3, -0.25) is 4.79 Å². The number of amides is 1. The van der Waals surface area contributed by atoms with Crippen LogP contribution in [-0.4, -0.2) is 22.3 Å². The molecule has 0 bridgehead atoms. The molecule has 0 aliphatic rings. The summed E-state index contributed by atoms with van der Waals surface area (Å²) in [6.45, 7) is 3.38. The summed E-state index contributed by atoms with van der Waals surface area (Å²) in [4.78, 5) is 17.1. The first kappa shape index (κ1) is 12.5. The van der Waals surface area contributed by atoms with Gasteiger partial charge in [-0.1, -0.05) is 6.07 Å². The van der Waals surface area contributed by atoms with E-state index >= 15 is 0 Å². The van der Waals surface area contributed by atoms with Crippen LogP contribution in [0, 0.1) is 6.92 Å². The lowest BCUT2D eigenvalue weighted by Crippen LogP contribution is -2.22. The molecule has 2 aromatic rings. The molecule has 1 aromatic carbocycles. The van der Waals surface area contributed by atoms with Gasteiger partial charge in [-0.2, -0.15) is 4.37 Å². The predicted octanol–water partition coefficient (Wildman–Crippen LogP) is 2.57. The highest BCUT2D eigenvalue weighted by Crippen LogP contribution is 2.22. The number of hydrogen-bond acceptors (Lipinski definition) is 5. The van der Waals surface area contributed by atoms with Crippen molar-refractivity contribution in [2.24, 2.45) is 0 Å². The molecule has 18 heavy (non-hydrogen) atoms. The molecular weight excluding hydrogens is 248 g/mol. The van der Waals surface area contributed by atoms with Crippen molar-refractivity contribution in [1.29, 1.82) is 0 Å². The predicted molar refractivity (Wildman–Crippen MR) is 73.5 cm³/mol. The summed E-state index contributed by atoms with van der Waals surface area (Å²) in [7, 11) is 1.75. The topological polar surface area (TPSA) is 58.1 Å². The van der Waals surface area contributed by atoms with Crippen molar-refractivity contribution >= 4 is 33.9 Å². The molecule has 0 fully saturated rings. The lowest BCUT2D eigenvalue weighted by atomic mass is 10.2. The molecule has 0 saturated heterocycles. The number of carbonyl (C=O) groups is 1. The lowest BCUT2D eigenvalue weighted by Gasteiger charge is -2.15. The van der Waals surface area contributed by atoms with Crippen LogP contribution in [-0.2, 0) is 4.79 Å². The van der Waals surface area contributed by atoms with E-state index < -0.39 is 0 Å². The van der Waals surface area contributed by atoms with Crippen LogP contribution < -0.4 is 10.2 Å². The van der Waals surface area contributed by atoms with Gasteiger partial charge in [0.25, 0.3) is 0 Å². The van der Waals surface area contributed by atoms with Gasteiger partial charge in [-0.05, 0) is 25.1 Å². The van der Waals surface area contributed by atoms with Crippen LogP contribution >= 0.6 is 11.5 Å². The van der Waals surface area contributed by atoms with Crippen molar-refractivity contribution in [3.8, 4) is 0 Å². The number of nitrogens with zero attached hydrogens (tertiary/aromatic N) is 3. The van der Waals surface area contributed by atoms with Crippen molar-refractivity contribution in [2.45, 2.75) is 13.8 Å². The quantitative estimate of drug-likeness (QED) is 0.923. The lowest BCUT2D eigenvalue weighted by molar-refractivity contribution is -0.116. The Morgan fingerprint density at radius 2 is 2.22 bits per heavy atom. The van der Waals surface area contributed by atoms with Crippen LogP contribution in [0.3, 0.4) is 0 Å². The minimum Gasteiger partial charge on any atom is -0.330 e. The Kier molecular flexibility index (Phi) is 3.57. The summed E-state index contributed by atoms with van der Waals surface area (Å²) in [5.41, 5.74) is 1.73. The van der Waals surface area contributed by atoms with Crippen molar-refractivity contribution in [2.75, 3.05) is 17.3 Å². The Morgan fingerprint density at radius 1 is 1.44 bits per heavy atom. The van der Waals surface area contributed by atoms with Gasteiger partial charge in [0, 0.05) is 36.9 Å². The van der Waals surface area contributed by atoms with E-state index in [0.29, 0.717) is 0 Å². The monoisotopic (exact) mass is 262 g/mol. The minimum absolute atomic E-state index is 0.00101. The Labute approximate surface area is 110 Å². The number of nitrogens with one attached hydrogen (secondary N) is 1. The molecule has 1 heterocycles. The maximum absolute atomic E-state index is 11.3. The van der Waals surface area contributed by atoms with Crippen LogP contribution in [0.5, 0.6) is 0 Å². The molecule has 94 valence electrons. The fraction of sp³-hybridized carbons (Fsp3) is 0.250. The number of carbonyl (C=O) groups excluding carboxylic acids is 1. The van der Waals surface area contributed by atoms with Gasteiger partial charge >= 0.3 is 0 Å². The second-order valence-electron chi connectivity index (χ2n) is 3.90. The standard InChI is InChI=1S/C12H14N4OS/c1-8-13-12(18-15-8)14-10-5-4-6-11(7-10)16(3)9(2)17/h4-7H,1-3H3,(H,13,14,15). The fourth-order valence-corrected chi connectivity index (χ4v) is 2.04. The molecule has 0 aliphatic heterocycles. The molecule has 0 spiro atoms. The molecule has 0 atom stereocenters. The molecule has 0 radical (unpaired) electrons. The maximum atomic E-state index is 11.3. The van der Waals surface area contributed by atoms with E-state index in [4.69, 9.17) is 0 Å². The van der Waals surface area contributed by atoms with Crippen LogP contribution in [0.25, 0.3) is 0 Å². The maximum Gasteiger partial charge on any atom is 0.223 e. The van der Waals surface area contributed by atoms with Gasteiger partial charge in [0.1, 0.15) is 5.82 Å². The first-order valence-corrected chi connectivity index (χ1v) is 6.25. The van der Waals surface area contributed by atoms with E-state index in [9.17, 15) is 4.79 Å². The van der Waals surface area contributed by atoms with E-state index in [-0.39, 0.29) is 5.91 Å². The zero-order chi connectivity index (χ0) is 13.1. The van der Waals surface area contributed by atoms with Crippen molar-refractivity contribution in [3.05, 3.63) is 30.1 Å². The number of benzene rings is 1. The minimum atomic E-state index is -0.00101. The average Bonchev–Trinajstić information content (AvgIpc) is 2.74. The molecule has 0 unspecified atom stereocenters. The molecule has 6 heteroatoms. The molecule has 1 aromatic heterocycles. The first-order chi connectivity index (χ1) is 8.56. The average molecular weight is 262 g/mol. The molecule has 2 rings (SSSR count). The number of hydrogen-bond donors (Lipinski definition) is 1.